The van der Waals surface area contributed by atoms with E-state index in [1.807, 2.05) is 0 Å². The van der Waals surface area contributed by atoms with Gasteiger partial charge >= 0.3 is 0 Å². The van der Waals surface area contributed by atoms with E-state index < -0.39 is 0 Å². The largest absolute Gasteiger partial charge is 0.319 e. The van der Waals surface area contributed by atoms with Crippen LogP contribution >= 0.6 is 0 Å². The van der Waals surface area contributed by atoms with E-state index >= 15 is 0 Å². The molecule has 1 heteroatoms. The van der Waals surface area contributed by atoms with Gasteiger partial charge in [0.1, 0.15) is 0 Å². The maximum absolute atomic E-state index is 3.40. The van der Waals surface area contributed by atoms with E-state index in [9.17, 15) is 0 Å². The lowest BCUT2D eigenvalue weighted by Crippen LogP contribution is -2.30. The highest BCUT2D eigenvalue weighted by Gasteiger charge is 2.63. The molecule has 1 N–H and O–H groups in total. The van der Waals surface area contributed by atoms with Gasteiger partial charge in [0.05, 0.1) is 0 Å². The van der Waals surface area contributed by atoms with Gasteiger partial charge in [0.2, 0.25) is 0 Å². The molecule has 0 aromatic carbocycles. The maximum Gasteiger partial charge on any atom is 0.00128 e. The zero-order valence-electron chi connectivity index (χ0n) is 9.32. The molecule has 0 radical (unpaired) electrons. The molecule has 0 bridgehead atoms. The third kappa shape index (κ3) is 1.32. The molecule has 0 spiro atoms. The second-order valence-corrected chi connectivity index (χ2v) is 5.73. The van der Waals surface area contributed by atoms with Crippen LogP contribution in [-0.2, 0) is 0 Å². The Morgan fingerprint density at radius 3 is 2.15 bits per heavy atom. The van der Waals surface area contributed by atoms with Crippen LogP contribution < -0.4 is 5.32 Å². The SMILES string of the molecule is CNCC1(C2CCCC2)CC1(C)C. The fourth-order valence-electron chi connectivity index (χ4n) is 3.68. The van der Waals surface area contributed by atoms with Crippen LogP contribution in [0.3, 0.4) is 0 Å². The number of rotatable bonds is 3. The van der Waals surface area contributed by atoms with Gasteiger partial charge in [-0.05, 0) is 43.1 Å². The summed E-state index contributed by atoms with van der Waals surface area (Å²) < 4.78 is 0. The molecule has 2 rings (SSSR count). The van der Waals surface area contributed by atoms with Crippen molar-refractivity contribution in [2.75, 3.05) is 13.6 Å². The summed E-state index contributed by atoms with van der Waals surface area (Å²) in [7, 11) is 2.10. The van der Waals surface area contributed by atoms with Gasteiger partial charge in [-0.15, -0.1) is 0 Å². The summed E-state index contributed by atoms with van der Waals surface area (Å²) in [6.45, 7) is 6.13. The molecule has 0 aliphatic heterocycles. The number of nitrogens with one attached hydrogen (secondary N) is 1. The third-order valence-electron chi connectivity index (χ3n) is 4.61. The molecule has 76 valence electrons. The molecule has 0 amide bonds. The average Bonchev–Trinajstić information content (AvgIpc) is 2.55. The Kier molecular flexibility index (Phi) is 2.18. The zero-order valence-corrected chi connectivity index (χ0v) is 9.32. The first-order valence-electron chi connectivity index (χ1n) is 5.77. The van der Waals surface area contributed by atoms with Gasteiger partial charge in [-0.2, -0.15) is 0 Å². The average molecular weight is 181 g/mol. The van der Waals surface area contributed by atoms with Gasteiger partial charge in [-0.1, -0.05) is 26.7 Å². The molecule has 2 aliphatic carbocycles. The molecular formula is C12H23N. The monoisotopic (exact) mass is 181 g/mol. The van der Waals surface area contributed by atoms with Gasteiger partial charge in [0, 0.05) is 6.54 Å². The summed E-state index contributed by atoms with van der Waals surface area (Å²) >= 11 is 0. The lowest BCUT2D eigenvalue weighted by atomic mass is 9.81. The van der Waals surface area contributed by atoms with E-state index in [1.54, 1.807) is 0 Å². The van der Waals surface area contributed by atoms with Gasteiger partial charge in [0.25, 0.3) is 0 Å². The Balaban J connectivity index is 2.07. The fourth-order valence-corrected chi connectivity index (χ4v) is 3.68. The topological polar surface area (TPSA) is 12.0 Å². The van der Waals surface area contributed by atoms with Crippen LogP contribution in [0.25, 0.3) is 0 Å². The van der Waals surface area contributed by atoms with E-state index in [4.69, 9.17) is 0 Å². The van der Waals surface area contributed by atoms with E-state index in [2.05, 4.69) is 26.2 Å². The van der Waals surface area contributed by atoms with Crippen molar-refractivity contribution < 1.29 is 0 Å². The van der Waals surface area contributed by atoms with Gasteiger partial charge < -0.3 is 5.32 Å². The molecule has 1 nitrogen and oxygen atoms in total. The van der Waals surface area contributed by atoms with Crippen molar-refractivity contribution in [2.45, 2.75) is 46.0 Å². The first-order valence-corrected chi connectivity index (χ1v) is 5.77. The normalized spacial score (nSPS) is 38.1. The molecule has 0 heterocycles. The molecule has 2 saturated carbocycles. The highest BCUT2D eigenvalue weighted by molar-refractivity contribution is 5.14. The van der Waals surface area contributed by atoms with Crippen LogP contribution in [0, 0.1) is 16.7 Å². The smallest absolute Gasteiger partial charge is 0.00128 e. The molecule has 2 aliphatic rings. The van der Waals surface area contributed by atoms with Crippen LogP contribution in [0.15, 0.2) is 0 Å². The maximum atomic E-state index is 3.40. The van der Waals surface area contributed by atoms with E-state index in [-0.39, 0.29) is 0 Å². The van der Waals surface area contributed by atoms with Gasteiger partial charge in [-0.25, -0.2) is 0 Å². The molecule has 0 aromatic rings. The Hall–Kier alpha value is -0.0400. The third-order valence-corrected chi connectivity index (χ3v) is 4.61. The minimum absolute atomic E-state index is 0.616. The Labute approximate surface area is 82.3 Å². The molecule has 13 heavy (non-hydrogen) atoms. The van der Waals surface area contributed by atoms with E-state index in [1.165, 1.54) is 38.6 Å². The number of hydrogen-bond acceptors (Lipinski definition) is 1. The van der Waals surface area contributed by atoms with Crippen molar-refractivity contribution in [3.8, 4) is 0 Å². The minimum Gasteiger partial charge on any atom is -0.319 e. The molecule has 2 fully saturated rings. The summed E-state index contributed by atoms with van der Waals surface area (Å²) in [6, 6.07) is 0. The van der Waals surface area contributed by atoms with Gasteiger partial charge in [-0.3, -0.25) is 0 Å². The second kappa shape index (κ2) is 2.98. The summed E-state index contributed by atoms with van der Waals surface area (Å²) in [4.78, 5) is 0. The Morgan fingerprint density at radius 1 is 1.23 bits per heavy atom. The van der Waals surface area contributed by atoms with Crippen molar-refractivity contribution in [2.24, 2.45) is 16.7 Å². The molecule has 1 unspecified atom stereocenters. The molecule has 0 saturated heterocycles. The second-order valence-electron chi connectivity index (χ2n) is 5.73. The standard InChI is InChI=1S/C12H23N/c1-11(2)8-12(11,9-13-3)10-6-4-5-7-10/h10,13H,4-9H2,1-3H3. The Morgan fingerprint density at radius 2 is 1.77 bits per heavy atom. The van der Waals surface area contributed by atoms with Crippen LogP contribution in [0.1, 0.15) is 46.0 Å². The summed E-state index contributed by atoms with van der Waals surface area (Å²) in [5.41, 5.74) is 1.28. The lowest BCUT2D eigenvalue weighted by Gasteiger charge is -2.27. The molecule has 1 atom stereocenters. The van der Waals surface area contributed by atoms with Gasteiger partial charge in [0.15, 0.2) is 0 Å². The fraction of sp³-hybridized carbons (Fsp3) is 1.00. The zero-order chi connectivity index (χ0) is 9.53. The first-order chi connectivity index (χ1) is 6.12. The highest BCUT2D eigenvalue weighted by atomic mass is 14.9. The number of hydrogen-bond donors (Lipinski definition) is 1. The van der Waals surface area contributed by atoms with Crippen LogP contribution in [0.4, 0.5) is 0 Å². The molecule has 0 aromatic heterocycles. The van der Waals surface area contributed by atoms with Crippen molar-refractivity contribution in [3.05, 3.63) is 0 Å². The predicted octanol–water partition coefficient (Wildman–Crippen LogP) is 2.81. The Bertz CT molecular complexity index is 191. The molecular weight excluding hydrogens is 158 g/mol. The van der Waals surface area contributed by atoms with Crippen molar-refractivity contribution in [1.29, 1.82) is 0 Å². The highest BCUT2D eigenvalue weighted by Crippen LogP contribution is 2.69. The van der Waals surface area contributed by atoms with Crippen molar-refractivity contribution >= 4 is 0 Å². The lowest BCUT2D eigenvalue weighted by molar-refractivity contribution is 0.241. The van der Waals surface area contributed by atoms with Crippen molar-refractivity contribution in [3.63, 3.8) is 0 Å². The predicted molar refractivity (Wildman–Crippen MR) is 56.7 cm³/mol. The quantitative estimate of drug-likeness (QED) is 0.706. The van der Waals surface area contributed by atoms with Crippen molar-refractivity contribution in [1.82, 2.24) is 5.32 Å². The minimum atomic E-state index is 0.616. The summed E-state index contributed by atoms with van der Waals surface area (Å²) in [5, 5.41) is 3.40. The van der Waals surface area contributed by atoms with Crippen LogP contribution in [0.2, 0.25) is 0 Å². The van der Waals surface area contributed by atoms with E-state index in [0.29, 0.717) is 10.8 Å². The summed E-state index contributed by atoms with van der Waals surface area (Å²) in [6.07, 6.45) is 7.39. The van der Waals surface area contributed by atoms with Crippen LogP contribution in [0.5, 0.6) is 0 Å². The summed E-state index contributed by atoms with van der Waals surface area (Å²) in [5.74, 6) is 1.02. The van der Waals surface area contributed by atoms with Crippen LogP contribution in [-0.4, -0.2) is 13.6 Å². The first kappa shape index (κ1) is 9.51. The van der Waals surface area contributed by atoms with E-state index in [0.717, 1.165) is 5.92 Å².